The standard InChI is InChI=1S/C23H26FN5O2S/c1-28(2)9-10-29(23(31)27-19-6-4-18(24)5-7-19)13-16-3-8-21(26-12-16)22(30)11-17-14-32-15-20(17)25/h3-8,12,14-15H,9-11,13,25H2,1-2H3,(H,27,31). The summed E-state index contributed by atoms with van der Waals surface area (Å²) in [6, 6.07) is 8.78. The van der Waals surface area contributed by atoms with Gasteiger partial charge >= 0.3 is 6.03 Å². The number of amides is 2. The average molecular weight is 456 g/mol. The maximum Gasteiger partial charge on any atom is 0.322 e. The zero-order valence-corrected chi connectivity index (χ0v) is 18.9. The van der Waals surface area contributed by atoms with E-state index >= 15 is 0 Å². The number of anilines is 2. The molecule has 0 fully saturated rings. The van der Waals surface area contributed by atoms with Crippen molar-refractivity contribution in [3.8, 4) is 0 Å². The number of rotatable bonds is 9. The van der Waals surface area contributed by atoms with Crippen LogP contribution in [0.25, 0.3) is 0 Å². The smallest absolute Gasteiger partial charge is 0.322 e. The molecule has 0 saturated carbocycles. The maximum atomic E-state index is 13.1. The third kappa shape index (κ3) is 6.60. The maximum absolute atomic E-state index is 13.1. The molecule has 2 aromatic heterocycles. The number of pyridine rings is 1. The van der Waals surface area contributed by atoms with Crippen LogP contribution in [0.2, 0.25) is 0 Å². The first-order valence-corrected chi connectivity index (χ1v) is 11.0. The molecule has 0 spiro atoms. The molecule has 3 N–H and O–H groups in total. The van der Waals surface area contributed by atoms with E-state index in [4.69, 9.17) is 5.73 Å². The van der Waals surface area contributed by atoms with Crippen LogP contribution in [-0.4, -0.2) is 53.8 Å². The van der Waals surface area contributed by atoms with E-state index in [-0.39, 0.29) is 24.1 Å². The summed E-state index contributed by atoms with van der Waals surface area (Å²) >= 11 is 1.46. The van der Waals surface area contributed by atoms with Crippen molar-refractivity contribution in [2.45, 2.75) is 13.0 Å². The van der Waals surface area contributed by atoms with Crippen LogP contribution in [0.15, 0.2) is 53.4 Å². The first-order chi connectivity index (χ1) is 15.3. The van der Waals surface area contributed by atoms with Crippen molar-refractivity contribution < 1.29 is 14.0 Å². The monoisotopic (exact) mass is 455 g/mol. The number of hydrogen-bond acceptors (Lipinski definition) is 6. The molecular formula is C23H26FN5O2S. The Kier molecular flexibility index (Phi) is 7.91. The van der Waals surface area contributed by atoms with Crippen LogP contribution in [0.1, 0.15) is 21.6 Å². The fourth-order valence-corrected chi connectivity index (χ4v) is 3.70. The van der Waals surface area contributed by atoms with Gasteiger partial charge in [-0.1, -0.05) is 6.07 Å². The van der Waals surface area contributed by atoms with Gasteiger partial charge in [-0.15, -0.1) is 11.3 Å². The molecule has 0 aliphatic rings. The lowest BCUT2D eigenvalue weighted by Crippen LogP contribution is -2.39. The average Bonchev–Trinajstić information content (AvgIpc) is 3.17. The van der Waals surface area contributed by atoms with Crippen LogP contribution in [0.4, 0.5) is 20.6 Å². The van der Waals surface area contributed by atoms with Crippen molar-refractivity contribution in [1.82, 2.24) is 14.8 Å². The minimum Gasteiger partial charge on any atom is -0.398 e. The van der Waals surface area contributed by atoms with Crippen molar-refractivity contribution in [1.29, 1.82) is 0 Å². The summed E-state index contributed by atoms with van der Waals surface area (Å²) in [7, 11) is 3.86. The third-order valence-electron chi connectivity index (χ3n) is 4.81. The molecule has 1 aromatic carbocycles. The van der Waals surface area contributed by atoms with Gasteiger partial charge < -0.3 is 20.9 Å². The Balaban J connectivity index is 1.66. The molecule has 0 radical (unpaired) electrons. The normalized spacial score (nSPS) is 10.9. The molecule has 0 aliphatic carbocycles. The Labute approximate surface area is 190 Å². The van der Waals surface area contributed by atoms with Crippen LogP contribution in [-0.2, 0) is 13.0 Å². The molecule has 0 saturated heterocycles. The highest BCUT2D eigenvalue weighted by Gasteiger charge is 2.16. The predicted octanol–water partition coefficient (Wildman–Crippen LogP) is 3.89. The number of likely N-dealkylation sites (N-methyl/N-ethyl adjacent to an activating group) is 1. The summed E-state index contributed by atoms with van der Waals surface area (Å²) in [5, 5.41) is 6.46. The fraction of sp³-hybridized carbons (Fsp3) is 0.261. The summed E-state index contributed by atoms with van der Waals surface area (Å²) in [5.74, 6) is -0.477. The number of Topliss-reactive ketones (excluding diaryl/α,β-unsaturated/α-hetero) is 1. The minimum absolute atomic E-state index is 0.111. The van der Waals surface area contributed by atoms with Crippen molar-refractivity contribution in [2.24, 2.45) is 0 Å². The summed E-state index contributed by atoms with van der Waals surface area (Å²) in [6.07, 6.45) is 1.81. The summed E-state index contributed by atoms with van der Waals surface area (Å²) in [4.78, 5) is 33.2. The van der Waals surface area contributed by atoms with Crippen LogP contribution in [0, 0.1) is 5.82 Å². The molecule has 3 rings (SSSR count). The second-order valence-electron chi connectivity index (χ2n) is 7.67. The number of carbonyl (C=O) groups is 2. The van der Waals surface area contributed by atoms with E-state index in [1.54, 1.807) is 28.6 Å². The van der Waals surface area contributed by atoms with Crippen molar-refractivity contribution in [3.05, 3.63) is 76.0 Å². The molecule has 3 aromatic rings. The number of carbonyl (C=O) groups excluding carboxylic acids is 2. The van der Waals surface area contributed by atoms with Crippen molar-refractivity contribution in [2.75, 3.05) is 38.2 Å². The van der Waals surface area contributed by atoms with E-state index in [9.17, 15) is 14.0 Å². The van der Waals surface area contributed by atoms with Crippen LogP contribution >= 0.6 is 11.3 Å². The Hall–Kier alpha value is -3.30. The van der Waals surface area contributed by atoms with Gasteiger partial charge in [0.05, 0.1) is 0 Å². The first-order valence-electron chi connectivity index (χ1n) is 10.1. The minimum atomic E-state index is -0.366. The van der Waals surface area contributed by atoms with Gasteiger partial charge in [-0.05, 0) is 60.9 Å². The Bertz CT molecular complexity index is 1050. The Morgan fingerprint density at radius 3 is 2.44 bits per heavy atom. The number of nitrogens with one attached hydrogen (secondary N) is 1. The highest BCUT2D eigenvalue weighted by Crippen LogP contribution is 2.19. The highest BCUT2D eigenvalue weighted by molar-refractivity contribution is 7.08. The SMILES string of the molecule is CN(C)CCN(Cc1ccc(C(=O)Cc2cscc2N)nc1)C(=O)Nc1ccc(F)cc1. The van der Waals surface area contributed by atoms with Gasteiger partial charge in [0.15, 0.2) is 5.78 Å². The second-order valence-corrected chi connectivity index (χ2v) is 8.41. The van der Waals surface area contributed by atoms with E-state index in [1.165, 1.54) is 35.6 Å². The van der Waals surface area contributed by atoms with Gasteiger partial charge in [0.1, 0.15) is 11.5 Å². The second kappa shape index (κ2) is 10.8. The zero-order chi connectivity index (χ0) is 23.1. The van der Waals surface area contributed by atoms with E-state index in [1.807, 2.05) is 24.4 Å². The number of aromatic nitrogens is 1. The van der Waals surface area contributed by atoms with Gasteiger partial charge in [0.25, 0.3) is 0 Å². The number of nitrogen functional groups attached to an aromatic ring is 1. The van der Waals surface area contributed by atoms with E-state index in [2.05, 4.69) is 10.3 Å². The fourth-order valence-electron chi connectivity index (χ4n) is 2.95. The van der Waals surface area contributed by atoms with Crippen molar-refractivity contribution in [3.63, 3.8) is 0 Å². The molecule has 2 amide bonds. The van der Waals surface area contributed by atoms with Crippen molar-refractivity contribution >= 4 is 34.5 Å². The van der Waals surface area contributed by atoms with Gasteiger partial charge in [-0.2, -0.15) is 0 Å². The topological polar surface area (TPSA) is 91.6 Å². The lowest BCUT2D eigenvalue weighted by molar-refractivity contribution is 0.0988. The van der Waals surface area contributed by atoms with Crippen LogP contribution < -0.4 is 11.1 Å². The van der Waals surface area contributed by atoms with E-state index < -0.39 is 0 Å². The molecule has 2 heterocycles. The van der Waals surface area contributed by atoms with E-state index in [0.717, 1.165) is 11.1 Å². The summed E-state index contributed by atoms with van der Waals surface area (Å²) < 4.78 is 13.1. The number of benzene rings is 1. The van der Waals surface area contributed by atoms with E-state index in [0.29, 0.717) is 36.7 Å². The lowest BCUT2D eigenvalue weighted by Gasteiger charge is -2.25. The molecule has 32 heavy (non-hydrogen) atoms. The van der Waals surface area contributed by atoms with Crippen LogP contribution in [0.3, 0.4) is 0 Å². The lowest BCUT2D eigenvalue weighted by atomic mass is 10.1. The molecule has 168 valence electrons. The molecule has 0 unspecified atom stereocenters. The number of thiophene rings is 1. The van der Waals surface area contributed by atoms with Crippen LogP contribution in [0.5, 0.6) is 0 Å². The Morgan fingerprint density at radius 1 is 1.09 bits per heavy atom. The van der Waals surface area contributed by atoms with Gasteiger partial charge in [-0.3, -0.25) is 9.78 Å². The quantitative estimate of drug-likeness (QED) is 0.478. The summed E-state index contributed by atoms with van der Waals surface area (Å²) in [6.45, 7) is 1.47. The molecule has 0 aliphatic heterocycles. The third-order valence-corrected chi connectivity index (χ3v) is 5.62. The predicted molar refractivity (Wildman–Crippen MR) is 125 cm³/mol. The molecule has 9 heteroatoms. The number of urea groups is 1. The van der Waals surface area contributed by atoms with Gasteiger partial charge in [0.2, 0.25) is 0 Å². The van der Waals surface area contributed by atoms with Gasteiger partial charge in [0, 0.05) is 49.0 Å². The number of hydrogen-bond donors (Lipinski definition) is 2. The number of nitrogens with zero attached hydrogens (tertiary/aromatic N) is 3. The van der Waals surface area contributed by atoms with Gasteiger partial charge in [-0.25, -0.2) is 9.18 Å². The number of halogens is 1. The first kappa shape index (κ1) is 23.4. The molecule has 0 atom stereocenters. The largest absolute Gasteiger partial charge is 0.398 e. The molecule has 7 nitrogen and oxygen atoms in total. The molecular weight excluding hydrogens is 429 g/mol. The summed E-state index contributed by atoms with van der Waals surface area (Å²) in [5.41, 5.74) is 8.94. The zero-order valence-electron chi connectivity index (χ0n) is 18.0. The number of nitrogens with two attached hydrogens (primary N) is 1. The molecule has 0 bridgehead atoms. The number of ketones is 1. The Morgan fingerprint density at radius 2 is 1.84 bits per heavy atom. The highest BCUT2D eigenvalue weighted by atomic mass is 32.1.